The van der Waals surface area contributed by atoms with Gasteiger partial charge in [0.05, 0.1) is 6.54 Å². The van der Waals surface area contributed by atoms with Crippen molar-refractivity contribution in [3.05, 3.63) is 53.7 Å². The molecule has 6 nitrogen and oxygen atoms in total. The van der Waals surface area contributed by atoms with E-state index in [1.807, 2.05) is 12.1 Å². The summed E-state index contributed by atoms with van der Waals surface area (Å²) in [5.41, 5.74) is 7.51. The second kappa shape index (κ2) is 11.7. The first kappa shape index (κ1) is 24.8. The summed E-state index contributed by atoms with van der Waals surface area (Å²) < 4.78 is 40.3. The summed E-state index contributed by atoms with van der Waals surface area (Å²) in [4.78, 5) is 10.8. The van der Waals surface area contributed by atoms with Crippen LogP contribution in [0.4, 0.5) is 19.0 Å². The van der Waals surface area contributed by atoms with Crippen LogP contribution in [0.15, 0.2) is 47.6 Å². The number of nitrogens with two attached hydrogens (primary N) is 1. The van der Waals surface area contributed by atoms with Crippen LogP contribution < -0.4 is 20.7 Å². The molecular formula is C19H25F3IN5O. The Hall–Kier alpha value is -2.24. The van der Waals surface area contributed by atoms with Gasteiger partial charge in [0.25, 0.3) is 0 Å². The predicted molar refractivity (Wildman–Crippen MR) is 119 cm³/mol. The number of nitrogens with one attached hydrogen (secondary N) is 1. The fourth-order valence-electron chi connectivity index (χ4n) is 2.48. The van der Waals surface area contributed by atoms with Crippen LogP contribution >= 0.6 is 24.0 Å². The Morgan fingerprint density at radius 2 is 1.72 bits per heavy atom. The second-order valence-electron chi connectivity index (χ2n) is 5.94. The molecule has 2 rings (SSSR count). The zero-order valence-electron chi connectivity index (χ0n) is 16.2. The van der Waals surface area contributed by atoms with Crippen LogP contribution in [-0.2, 0) is 13.1 Å². The van der Waals surface area contributed by atoms with Crippen LogP contribution in [0.2, 0.25) is 0 Å². The number of aromatic nitrogens is 1. The van der Waals surface area contributed by atoms with E-state index in [9.17, 15) is 13.2 Å². The number of guanidine groups is 1. The molecule has 0 unspecified atom stereocenters. The van der Waals surface area contributed by atoms with Crippen molar-refractivity contribution in [1.29, 1.82) is 0 Å². The minimum atomic E-state index is -4.70. The van der Waals surface area contributed by atoms with E-state index in [1.165, 1.54) is 24.3 Å². The van der Waals surface area contributed by atoms with E-state index in [0.717, 1.165) is 30.0 Å². The molecule has 0 aliphatic carbocycles. The quantitative estimate of drug-likeness (QED) is 0.310. The molecule has 0 saturated carbocycles. The van der Waals surface area contributed by atoms with E-state index in [-0.39, 0.29) is 35.7 Å². The maximum atomic E-state index is 12.1. The first-order valence-corrected chi connectivity index (χ1v) is 8.89. The second-order valence-corrected chi connectivity index (χ2v) is 5.94. The molecule has 1 aromatic heterocycles. The van der Waals surface area contributed by atoms with Crippen LogP contribution in [0.5, 0.6) is 5.75 Å². The van der Waals surface area contributed by atoms with Gasteiger partial charge in [-0.1, -0.05) is 18.2 Å². The van der Waals surface area contributed by atoms with E-state index in [2.05, 4.69) is 38.8 Å². The van der Waals surface area contributed by atoms with Gasteiger partial charge >= 0.3 is 6.36 Å². The molecule has 1 aromatic carbocycles. The molecule has 0 saturated heterocycles. The summed E-state index contributed by atoms with van der Waals surface area (Å²) in [6, 6.07) is 9.46. The standard InChI is InChI=1S/C19H24F3N5O.HI/c1-3-27(4-2)17-10-7-15(12-24-17)13-26-18(23)25-11-14-5-8-16(9-6-14)28-19(20,21)22;/h5-10,12H,3-4,11,13H2,1-2H3,(H3,23,25,26);1H. The number of anilines is 1. The number of hydrogen-bond donors (Lipinski definition) is 2. The predicted octanol–water partition coefficient (Wildman–Crippen LogP) is 4.05. The molecule has 0 atom stereocenters. The van der Waals surface area contributed by atoms with Crippen LogP contribution in [0.1, 0.15) is 25.0 Å². The highest BCUT2D eigenvalue weighted by molar-refractivity contribution is 14.0. The summed E-state index contributed by atoms with van der Waals surface area (Å²) in [6.07, 6.45) is -2.93. The van der Waals surface area contributed by atoms with Gasteiger partial charge in [-0.05, 0) is 43.2 Å². The number of benzene rings is 1. The molecule has 0 radical (unpaired) electrons. The fourth-order valence-corrected chi connectivity index (χ4v) is 2.48. The Morgan fingerprint density at radius 1 is 1.10 bits per heavy atom. The summed E-state index contributed by atoms with van der Waals surface area (Å²) in [6.45, 7) is 6.64. The molecule has 0 aliphatic rings. The van der Waals surface area contributed by atoms with E-state index in [1.54, 1.807) is 6.20 Å². The van der Waals surface area contributed by atoms with Gasteiger partial charge in [-0.3, -0.25) is 0 Å². The monoisotopic (exact) mass is 523 g/mol. The zero-order valence-corrected chi connectivity index (χ0v) is 18.6. The molecule has 29 heavy (non-hydrogen) atoms. The highest BCUT2D eigenvalue weighted by Gasteiger charge is 2.30. The van der Waals surface area contributed by atoms with Crippen molar-refractivity contribution < 1.29 is 17.9 Å². The van der Waals surface area contributed by atoms with Gasteiger partial charge in [0, 0.05) is 25.8 Å². The van der Waals surface area contributed by atoms with Crippen molar-refractivity contribution in [1.82, 2.24) is 10.3 Å². The highest BCUT2D eigenvalue weighted by atomic mass is 127. The summed E-state index contributed by atoms with van der Waals surface area (Å²) in [5.74, 6) is 0.892. The number of aliphatic imine (C=N–C) groups is 1. The van der Waals surface area contributed by atoms with E-state index in [0.29, 0.717) is 13.1 Å². The van der Waals surface area contributed by atoms with Crippen molar-refractivity contribution >= 4 is 35.8 Å². The van der Waals surface area contributed by atoms with Gasteiger partial charge in [-0.2, -0.15) is 0 Å². The third-order valence-corrected chi connectivity index (χ3v) is 3.96. The third-order valence-electron chi connectivity index (χ3n) is 3.96. The number of hydrogen-bond acceptors (Lipinski definition) is 4. The van der Waals surface area contributed by atoms with Crippen molar-refractivity contribution in [2.45, 2.75) is 33.3 Å². The van der Waals surface area contributed by atoms with Gasteiger partial charge in [0.1, 0.15) is 11.6 Å². The van der Waals surface area contributed by atoms with Crippen LogP contribution in [-0.4, -0.2) is 30.4 Å². The van der Waals surface area contributed by atoms with Crippen molar-refractivity contribution in [3.8, 4) is 5.75 Å². The van der Waals surface area contributed by atoms with Crippen LogP contribution in [0, 0.1) is 0 Å². The molecule has 0 bridgehead atoms. The third kappa shape index (κ3) is 8.75. The lowest BCUT2D eigenvalue weighted by atomic mass is 10.2. The number of nitrogens with zero attached hydrogens (tertiary/aromatic N) is 3. The van der Waals surface area contributed by atoms with Crippen molar-refractivity contribution in [2.24, 2.45) is 10.7 Å². The molecule has 0 fully saturated rings. The summed E-state index contributed by atoms with van der Waals surface area (Å²) in [5, 5.41) is 2.92. The SMILES string of the molecule is CCN(CC)c1ccc(CN=C(N)NCc2ccc(OC(F)(F)F)cc2)cn1.I. The van der Waals surface area contributed by atoms with E-state index < -0.39 is 6.36 Å². The zero-order chi connectivity index (χ0) is 20.6. The molecule has 160 valence electrons. The highest BCUT2D eigenvalue weighted by Crippen LogP contribution is 2.22. The first-order chi connectivity index (χ1) is 13.3. The molecule has 0 amide bonds. The molecule has 0 aliphatic heterocycles. The minimum absolute atomic E-state index is 0. The summed E-state index contributed by atoms with van der Waals surface area (Å²) >= 11 is 0. The lowest BCUT2D eigenvalue weighted by Crippen LogP contribution is -2.31. The van der Waals surface area contributed by atoms with E-state index in [4.69, 9.17) is 5.73 Å². The lowest BCUT2D eigenvalue weighted by Gasteiger charge is -2.19. The van der Waals surface area contributed by atoms with Crippen LogP contribution in [0.25, 0.3) is 0 Å². The molecule has 3 N–H and O–H groups in total. The minimum Gasteiger partial charge on any atom is -0.406 e. The van der Waals surface area contributed by atoms with Gasteiger partial charge in [0.15, 0.2) is 5.96 Å². The average molecular weight is 523 g/mol. The Balaban J connectivity index is 0.00000420. The molecule has 2 aromatic rings. The van der Waals surface area contributed by atoms with E-state index >= 15 is 0 Å². The fraction of sp³-hybridized carbons (Fsp3) is 0.368. The van der Waals surface area contributed by atoms with Crippen LogP contribution in [0.3, 0.4) is 0 Å². The largest absolute Gasteiger partial charge is 0.573 e. The number of alkyl halides is 3. The smallest absolute Gasteiger partial charge is 0.406 e. The Morgan fingerprint density at radius 3 is 2.24 bits per heavy atom. The number of rotatable bonds is 8. The lowest BCUT2D eigenvalue weighted by molar-refractivity contribution is -0.274. The van der Waals surface area contributed by atoms with Gasteiger partial charge in [-0.25, -0.2) is 9.98 Å². The molecule has 1 heterocycles. The molecular weight excluding hydrogens is 498 g/mol. The Bertz CT molecular complexity index is 763. The van der Waals surface area contributed by atoms with Gasteiger partial charge in [-0.15, -0.1) is 37.1 Å². The van der Waals surface area contributed by atoms with Gasteiger partial charge < -0.3 is 20.7 Å². The number of pyridine rings is 1. The Labute approximate surface area is 185 Å². The first-order valence-electron chi connectivity index (χ1n) is 8.89. The van der Waals surface area contributed by atoms with Crippen molar-refractivity contribution in [2.75, 3.05) is 18.0 Å². The average Bonchev–Trinajstić information content (AvgIpc) is 2.66. The topological polar surface area (TPSA) is 75.8 Å². The molecule has 0 spiro atoms. The summed E-state index contributed by atoms with van der Waals surface area (Å²) in [7, 11) is 0. The molecule has 10 heteroatoms. The number of halogens is 4. The maximum absolute atomic E-state index is 12.1. The van der Waals surface area contributed by atoms with Crippen molar-refractivity contribution in [3.63, 3.8) is 0 Å². The number of ether oxygens (including phenoxy) is 1. The maximum Gasteiger partial charge on any atom is 0.573 e. The normalized spacial score (nSPS) is 11.6. The Kier molecular flexibility index (Phi) is 9.99. The van der Waals surface area contributed by atoms with Gasteiger partial charge in [0.2, 0.25) is 0 Å².